The van der Waals surface area contributed by atoms with E-state index in [1.807, 2.05) is 19.1 Å². The Morgan fingerprint density at radius 1 is 1.10 bits per heavy atom. The van der Waals surface area contributed by atoms with Crippen molar-refractivity contribution in [2.24, 2.45) is 5.73 Å². The van der Waals surface area contributed by atoms with E-state index in [9.17, 15) is 13.2 Å². The van der Waals surface area contributed by atoms with Crippen LogP contribution in [0.1, 0.15) is 16.7 Å². The predicted molar refractivity (Wildman–Crippen MR) is 70.6 cm³/mol. The molecule has 0 saturated heterocycles. The lowest BCUT2D eigenvalue weighted by Gasteiger charge is -2.12. The van der Waals surface area contributed by atoms with Crippen LogP contribution < -0.4 is 10.5 Å². The molecule has 5 heteroatoms. The largest absolute Gasteiger partial charge is 0.457 e. The number of ether oxygens (including phenoxy) is 1. The van der Waals surface area contributed by atoms with Crippen LogP contribution in [0.2, 0.25) is 0 Å². The molecule has 2 nitrogen and oxygen atoms in total. The second-order valence-electron chi connectivity index (χ2n) is 4.44. The monoisotopic (exact) mass is 281 g/mol. The standard InChI is InChI=1S/C15H14F3NO/c1-10-5-6-14(11(7-10)9-19)20-13-4-2-3-12(8-13)15(16,17)18/h2-8H,9,19H2,1H3. The molecule has 2 aromatic carbocycles. The van der Waals surface area contributed by atoms with Crippen LogP contribution in [0.15, 0.2) is 42.5 Å². The summed E-state index contributed by atoms with van der Waals surface area (Å²) in [4.78, 5) is 0. The molecule has 2 aromatic rings. The maximum atomic E-state index is 12.6. The highest BCUT2D eigenvalue weighted by Crippen LogP contribution is 2.33. The van der Waals surface area contributed by atoms with E-state index in [0.717, 1.165) is 23.3 Å². The van der Waals surface area contributed by atoms with Crippen LogP contribution in [0.4, 0.5) is 13.2 Å². The van der Waals surface area contributed by atoms with Crippen LogP contribution in [0.25, 0.3) is 0 Å². The number of aryl methyl sites for hydroxylation is 1. The van der Waals surface area contributed by atoms with Crippen LogP contribution in [0.3, 0.4) is 0 Å². The number of halogens is 3. The lowest BCUT2D eigenvalue weighted by atomic mass is 10.1. The highest BCUT2D eigenvalue weighted by atomic mass is 19.4. The summed E-state index contributed by atoms with van der Waals surface area (Å²) in [5.74, 6) is 0.607. The average molecular weight is 281 g/mol. The number of hydrogen-bond acceptors (Lipinski definition) is 2. The Morgan fingerprint density at radius 3 is 2.50 bits per heavy atom. The molecule has 0 aliphatic rings. The molecule has 2 N–H and O–H groups in total. The number of hydrogen-bond donors (Lipinski definition) is 1. The SMILES string of the molecule is Cc1ccc(Oc2cccc(C(F)(F)F)c2)c(CN)c1. The fraction of sp³-hybridized carbons (Fsp3) is 0.200. The van der Waals surface area contributed by atoms with Crippen molar-refractivity contribution in [1.29, 1.82) is 0 Å². The molecule has 2 rings (SSSR count). The predicted octanol–water partition coefficient (Wildman–Crippen LogP) is 4.26. The van der Waals surface area contributed by atoms with Gasteiger partial charge in [-0.15, -0.1) is 0 Å². The minimum absolute atomic E-state index is 0.137. The molecule has 0 spiro atoms. The summed E-state index contributed by atoms with van der Waals surface area (Å²) in [7, 11) is 0. The topological polar surface area (TPSA) is 35.2 Å². The molecule has 0 aliphatic carbocycles. The fourth-order valence-corrected chi connectivity index (χ4v) is 1.83. The van der Waals surface area contributed by atoms with Crippen LogP contribution in [-0.2, 0) is 12.7 Å². The van der Waals surface area contributed by atoms with Crippen molar-refractivity contribution in [1.82, 2.24) is 0 Å². The van der Waals surface area contributed by atoms with Gasteiger partial charge in [0.1, 0.15) is 11.5 Å². The Kier molecular flexibility index (Phi) is 3.99. The van der Waals surface area contributed by atoms with Crippen molar-refractivity contribution in [3.05, 3.63) is 59.2 Å². The summed E-state index contributed by atoms with van der Waals surface area (Å²) in [5, 5.41) is 0. The normalized spacial score (nSPS) is 11.4. The molecule has 0 unspecified atom stereocenters. The van der Waals surface area contributed by atoms with Gasteiger partial charge in [0.25, 0.3) is 0 Å². The summed E-state index contributed by atoms with van der Waals surface area (Å²) >= 11 is 0. The fourth-order valence-electron chi connectivity index (χ4n) is 1.83. The van der Waals surface area contributed by atoms with E-state index in [1.54, 1.807) is 6.07 Å². The minimum Gasteiger partial charge on any atom is -0.457 e. The van der Waals surface area contributed by atoms with Crippen molar-refractivity contribution in [2.45, 2.75) is 19.6 Å². The molecule has 0 aliphatic heterocycles. The number of benzene rings is 2. The first kappa shape index (κ1) is 14.4. The van der Waals surface area contributed by atoms with E-state index in [0.29, 0.717) is 5.75 Å². The molecular weight excluding hydrogens is 267 g/mol. The first-order chi connectivity index (χ1) is 9.40. The van der Waals surface area contributed by atoms with Gasteiger partial charge < -0.3 is 10.5 Å². The van der Waals surface area contributed by atoms with Crippen molar-refractivity contribution < 1.29 is 17.9 Å². The highest BCUT2D eigenvalue weighted by Gasteiger charge is 2.30. The summed E-state index contributed by atoms with van der Waals surface area (Å²) in [6, 6.07) is 10.2. The first-order valence-electron chi connectivity index (χ1n) is 6.05. The van der Waals surface area contributed by atoms with Crippen molar-refractivity contribution in [3.8, 4) is 11.5 Å². The second-order valence-corrected chi connectivity index (χ2v) is 4.44. The Morgan fingerprint density at radius 2 is 1.85 bits per heavy atom. The molecule has 20 heavy (non-hydrogen) atoms. The first-order valence-corrected chi connectivity index (χ1v) is 6.05. The third kappa shape index (κ3) is 3.30. The van der Waals surface area contributed by atoms with Crippen molar-refractivity contribution in [2.75, 3.05) is 0 Å². The molecule has 106 valence electrons. The summed E-state index contributed by atoms with van der Waals surface area (Å²) < 4.78 is 43.4. The maximum absolute atomic E-state index is 12.6. The lowest BCUT2D eigenvalue weighted by molar-refractivity contribution is -0.137. The third-order valence-corrected chi connectivity index (χ3v) is 2.83. The van der Waals surface area contributed by atoms with Crippen LogP contribution >= 0.6 is 0 Å². The van der Waals surface area contributed by atoms with Gasteiger partial charge in [-0.3, -0.25) is 0 Å². The highest BCUT2D eigenvalue weighted by molar-refractivity contribution is 5.41. The molecule has 0 atom stereocenters. The van der Waals surface area contributed by atoms with Gasteiger partial charge in [0, 0.05) is 12.1 Å². The van der Waals surface area contributed by atoms with Crippen molar-refractivity contribution >= 4 is 0 Å². The summed E-state index contributed by atoms with van der Waals surface area (Å²) in [6.45, 7) is 2.17. The van der Waals surface area contributed by atoms with Gasteiger partial charge in [0.15, 0.2) is 0 Å². The summed E-state index contributed by atoms with van der Waals surface area (Å²) in [5.41, 5.74) is 6.64. The van der Waals surface area contributed by atoms with E-state index in [4.69, 9.17) is 10.5 Å². The minimum atomic E-state index is -4.39. The second kappa shape index (κ2) is 5.54. The van der Waals surface area contributed by atoms with Gasteiger partial charge in [-0.05, 0) is 31.2 Å². The van der Waals surface area contributed by atoms with Crippen molar-refractivity contribution in [3.63, 3.8) is 0 Å². The molecule has 0 radical (unpaired) electrons. The van der Waals surface area contributed by atoms with E-state index in [1.165, 1.54) is 12.1 Å². The number of rotatable bonds is 3. The van der Waals surface area contributed by atoms with Crippen LogP contribution in [0.5, 0.6) is 11.5 Å². The Balaban J connectivity index is 2.31. The zero-order valence-electron chi connectivity index (χ0n) is 10.9. The molecule has 0 amide bonds. The van der Waals surface area contributed by atoms with Crippen LogP contribution in [0, 0.1) is 6.92 Å². The van der Waals surface area contributed by atoms with Gasteiger partial charge in [0.2, 0.25) is 0 Å². The molecule has 0 fully saturated rings. The van der Waals surface area contributed by atoms with Gasteiger partial charge in [-0.1, -0.05) is 23.8 Å². The zero-order valence-corrected chi connectivity index (χ0v) is 10.9. The smallest absolute Gasteiger partial charge is 0.416 e. The lowest BCUT2D eigenvalue weighted by Crippen LogP contribution is -2.05. The molecule has 0 bridgehead atoms. The van der Waals surface area contributed by atoms with Crippen LogP contribution in [-0.4, -0.2) is 0 Å². The zero-order chi connectivity index (χ0) is 14.8. The van der Waals surface area contributed by atoms with Gasteiger partial charge in [0.05, 0.1) is 5.56 Å². The molecular formula is C15H14F3NO. The van der Waals surface area contributed by atoms with Gasteiger partial charge >= 0.3 is 6.18 Å². The van der Waals surface area contributed by atoms with Gasteiger partial charge in [-0.25, -0.2) is 0 Å². The van der Waals surface area contributed by atoms with E-state index in [-0.39, 0.29) is 12.3 Å². The van der Waals surface area contributed by atoms with Gasteiger partial charge in [-0.2, -0.15) is 13.2 Å². The Labute approximate surface area is 115 Å². The molecule has 0 heterocycles. The molecule has 0 saturated carbocycles. The Bertz CT molecular complexity index is 608. The van der Waals surface area contributed by atoms with E-state index >= 15 is 0 Å². The number of alkyl halides is 3. The average Bonchev–Trinajstić information content (AvgIpc) is 2.40. The van der Waals surface area contributed by atoms with E-state index < -0.39 is 11.7 Å². The third-order valence-electron chi connectivity index (χ3n) is 2.83. The maximum Gasteiger partial charge on any atom is 0.416 e. The quantitative estimate of drug-likeness (QED) is 0.912. The summed E-state index contributed by atoms with van der Waals surface area (Å²) in [6.07, 6.45) is -4.39. The molecule has 0 aromatic heterocycles. The number of nitrogens with two attached hydrogens (primary N) is 1. The van der Waals surface area contributed by atoms with E-state index in [2.05, 4.69) is 0 Å². The Hall–Kier alpha value is -2.01.